The van der Waals surface area contributed by atoms with Crippen molar-refractivity contribution in [3.63, 3.8) is 0 Å². The smallest absolute Gasteiger partial charge is 0.171 e. The van der Waals surface area contributed by atoms with Crippen LogP contribution in [-0.2, 0) is 6.42 Å². The highest BCUT2D eigenvalue weighted by Crippen LogP contribution is 2.34. The Bertz CT molecular complexity index is 678. The van der Waals surface area contributed by atoms with Gasteiger partial charge in [0.25, 0.3) is 0 Å². The molecule has 0 atom stereocenters. The summed E-state index contributed by atoms with van der Waals surface area (Å²) in [6, 6.07) is 12.7. The van der Waals surface area contributed by atoms with E-state index in [4.69, 9.17) is 12.2 Å². The number of aromatic nitrogens is 1. The number of rotatable bonds is 5. The van der Waals surface area contributed by atoms with Crippen LogP contribution in [0.4, 0.5) is 5.69 Å². The Kier molecular flexibility index (Phi) is 5.46. The first-order valence-corrected chi connectivity index (χ1v) is 9.11. The predicted octanol–water partition coefficient (Wildman–Crippen LogP) is 4.62. The number of thiocarbonyl (C=S) groups is 1. The number of hydrogen-bond donors (Lipinski definition) is 2. The summed E-state index contributed by atoms with van der Waals surface area (Å²) in [6.45, 7) is 2.15. The third kappa shape index (κ3) is 4.54. The molecule has 0 unspecified atom stereocenters. The van der Waals surface area contributed by atoms with Gasteiger partial charge in [0.2, 0.25) is 0 Å². The van der Waals surface area contributed by atoms with Crippen molar-refractivity contribution < 1.29 is 0 Å². The Morgan fingerprint density at radius 1 is 1.21 bits per heavy atom. The van der Waals surface area contributed by atoms with Gasteiger partial charge in [0.05, 0.1) is 11.9 Å². The minimum Gasteiger partial charge on any atom is -0.357 e. The van der Waals surface area contributed by atoms with E-state index >= 15 is 0 Å². The van der Waals surface area contributed by atoms with E-state index < -0.39 is 0 Å². The molecule has 1 aliphatic carbocycles. The molecule has 0 aliphatic heterocycles. The molecule has 1 fully saturated rings. The number of hydrogen-bond acceptors (Lipinski definition) is 2. The lowest BCUT2D eigenvalue weighted by Crippen LogP contribution is -2.48. The first-order valence-electron chi connectivity index (χ1n) is 8.70. The molecule has 0 bridgehead atoms. The highest BCUT2D eigenvalue weighted by atomic mass is 32.1. The number of anilines is 1. The molecule has 0 amide bonds. The summed E-state index contributed by atoms with van der Waals surface area (Å²) in [5, 5.41) is 7.58. The molecular formula is C20H25N3S. The van der Waals surface area contributed by atoms with Crippen LogP contribution in [0.5, 0.6) is 0 Å². The van der Waals surface area contributed by atoms with Crippen LogP contribution in [0.15, 0.2) is 48.8 Å². The van der Waals surface area contributed by atoms with Crippen molar-refractivity contribution in [2.75, 3.05) is 5.32 Å². The zero-order valence-corrected chi connectivity index (χ0v) is 15.0. The second-order valence-electron chi connectivity index (χ2n) is 6.80. The van der Waals surface area contributed by atoms with Crippen LogP contribution in [0.2, 0.25) is 0 Å². The van der Waals surface area contributed by atoms with E-state index in [1.165, 1.54) is 36.8 Å². The standard InChI is InChI=1S/C20H25N3S/c1-16-6-4-7-17(14-16)9-12-20(10-2-3-11-20)23-19(24)22-18-8-5-13-21-15-18/h4-8,13-15H,2-3,9-12H2,1H3,(H2,22,23,24). The fourth-order valence-electron chi connectivity index (χ4n) is 3.58. The Balaban J connectivity index is 1.61. The molecule has 1 aromatic heterocycles. The van der Waals surface area contributed by atoms with Crippen LogP contribution < -0.4 is 10.6 Å². The van der Waals surface area contributed by atoms with Crippen LogP contribution in [0.25, 0.3) is 0 Å². The molecule has 1 saturated carbocycles. The van der Waals surface area contributed by atoms with E-state index in [-0.39, 0.29) is 5.54 Å². The van der Waals surface area contributed by atoms with Gasteiger partial charge in [0.1, 0.15) is 0 Å². The second kappa shape index (κ2) is 7.75. The number of nitrogens with one attached hydrogen (secondary N) is 2. The molecule has 3 rings (SSSR count). The number of pyridine rings is 1. The molecule has 1 aliphatic rings. The Hall–Kier alpha value is -1.94. The lowest BCUT2D eigenvalue weighted by Gasteiger charge is -2.32. The lowest BCUT2D eigenvalue weighted by atomic mass is 9.89. The zero-order valence-electron chi connectivity index (χ0n) is 14.2. The Morgan fingerprint density at radius 2 is 2.04 bits per heavy atom. The van der Waals surface area contributed by atoms with E-state index in [0.29, 0.717) is 5.11 Å². The van der Waals surface area contributed by atoms with Gasteiger partial charge < -0.3 is 10.6 Å². The maximum Gasteiger partial charge on any atom is 0.171 e. The van der Waals surface area contributed by atoms with E-state index in [1.807, 2.05) is 12.1 Å². The van der Waals surface area contributed by atoms with Crippen LogP contribution in [0, 0.1) is 6.92 Å². The normalized spacial score (nSPS) is 15.9. The Labute approximate surface area is 149 Å². The molecule has 1 heterocycles. The van der Waals surface area contributed by atoms with Gasteiger partial charge in [-0.1, -0.05) is 42.7 Å². The number of benzene rings is 1. The minimum atomic E-state index is 0.121. The minimum absolute atomic E-state index is 0.121. The summed E-state index contributed by atoms with van der Waals surface area (Å²) in [5.41, 5.74) is 3.79. The van der Waals surface area contributed by atoms with Crippen molar-refractivity contribution >= 4 is 23.0 Å². The summed E-state index contributed by atoms with van der Waals surface area (Å²) in [4.78, 5) is 4.12. The largest absolute Gasteiger partial charge is 0.357 e. The quantitative estimate of drug-likeness (QED) is 0.779. The third-order valence-electron chi connectivity index (χ3n) is 4.83. The molecule has 0 saturated heterocycles. The number of aryl methyl sites for hydroxylation is 2. The summed E-state index contributed by atoms with van der Waals surface area (Å²) in [7, 11) is 0. The second-order valence-corrected chi connectivity index (χ2v) is 7.21. The van der Waals surface area contributed by atoms with Crippen molar-refractivity contribution in [1.29, 1.82) is 0 Å². The van der Waals surface area contributed by atoms with Crippen molar-refractivity contribution in [2.24, 2.45) is 0 Å². The topological polar surface area (TPSA) is 37.0 Å². The third-order valence-corrected chi connectivity index (χ3v) is 5.04. The predicted molar refractivity (Wildman–Crippen MR) is 104 cm³/mol. The molecule has 1 aromatic carbocycles. The van der Waals surface area contributed by atoms with E-state index in [1.54, 1.807) is 12.4 Å². The molecule has 24 heavy (non-hydrogen) atoms. The molecule has 0 radical (unpaired) electrons. The SMILES string of the molecule is Cc1cccc(CCC2(NC(=S)Nc3cccnc3)CCCC2)c1. The monoisotopic (exact) mass is 339 g/mol. The first kappa shape index (κ1) is 16.9. The van der Waals surface area contributed by atoms with E-state index in [2.05, 4.69) is 46.8 Å². The highest BCUT2D eigenvalue weighted by Gasteiger charge is 2.34. The Morgan fingerprint density at radius 3 is 2.75 bits per heavy atom. The van der Waals surface area contributed by atoms with Crippen LogP contribution in [0.1, 0.15) is 43.2 Å². The zero-order chi connectivity index (χ0) is 16.8. The van der Waals surface area contributed by atoms with Crippen molar-refractivity contribution in [3.8, 4) is 0 Å². The fourth-order valence-corrected chi connectivity index (χ4v) is 3.91. The van der Waals surface area contributed by atoms with Gasteiger partial charge in [0, 0.05) is 11.7 Å². The molecule has 3 nitrogen and oxygen atoms in total. The van der Waals surface area contributed by atoms with Crippen LogP contribution in [0.3, 0.4) is 0 Å². The van der Waals surface area contributed by atoms with Gasteiger partial charge in [-0.3, -0.25) is 4.98 Å². The van der Waals surface area contributed by atoms with Crippen LogP contribution in [-0.4, -0.2) is 15.6 Å². The summed E-state index contributed by atoms with van der Waals surface area (Å²) >= 11 is 5.55. The maximum absolute atomic E-state index is 5.55. The summed E-state index contributed by atoms with van der Waals surface area (Å²) in [5.74, 6) is 0. The van der Waals surface area contributed by atoms with Gasteiger partial charge in [0.15, 0.2) is 5.11 Å². The summed E-state index contributed by atoms with van der Waals surface area (Å²) in [6.07, 6.45) is 10.7. The van der Waals surface area contributed by atoms with Crippen molar-refractivity contribution in [3.05, 3.63) is 59.9 Å². The lowest BCUT2D eigenvalue weighted by molar-refractivity contribution is 0.362. The average Bonchev–Trinajstić information content (AvgIpc) is 3.03. The van der Waals surface area contributed by atoms with Gasteiger partial charge in [-0.05, 0) is 62.5 Å². The average molecular weight is 340 g/mol. The maximum atomic E-state index is 5.55. The number of nitrogens with zero attached hydrogens (tertiary/aromatic N) is 1. The molecule has 2 aromatic rings. The van der Waals surface area contributed by atoms with Gasteiger partial charge in [-0.2, -0.15) is 0 Å². The summed E-state index contributed by atoms with van der Waals surface area (Å²) < 4.78 is 0. The van der Waals surface area contributed by atoms with Gasteiger partial charge >= 0.3 is 0 Å². The highest BCUT2D eigenvalue weighted by molar-refractivity contribution is 7.80. The van der Waals surface area contributed by atoms with E-state index in [0.717, 1.165) is 18.5 Å². The van der Waals surface area contributed by atoms with E-state index in [9.17, 15) is 0 Å². The molecule has 0 spiro atoms. The molecule has 126 valence electrons. The fraction of sp³-hybridized carbons (Fsp3) is 0.400. The van der Waals surface area contributed by atoms with Crippen molar-refractivity contribution in [2.45, 2.75) is 51.0 Å². The van der Waals surface area contributed by atoms with Crippen molar-refractivity contribution in [1.82, 2.24) is 10.3 Å². The van der Waals surface area contributed by atoms with Gasteiger partial charge in [-0.15, -0.1) is 0 Å². The first-order chi connectivity index (χ1) is 11.7. The molecule has 4 heteroatoms. The van der Waals surface area contributed by atoms with Gasteiger partial charge in [-0.25, -0.2) is 0 Å². The molecular weight excluding hydrogens is 314 g/mol. The van der Waals surface area contributed by atoms with Crippen LogP contribution >= 0.6 is 12.2 Å². The molecule has 2 N–H and O–H groups in total.